The van der Waals surface area contributed by atoms with Crippen molar-refractivity contribution < 1.29 is 9.90 Å². The zero-order valence-electron chi connectivity index (χ0n) is 5.28. The van der Waals surface area contributed by atoms with Crippen molar-refractivity contribution in [1.29, 1.82) is 0 Å². The van der Waals surface area contributed by atoms with E-state index in [2.05, 4.69) is 31.2 Å². The standard InChI is InChI=1S/C5H4BrN3O2/c6-4-7-1-3(2-8-4)9-5(10)11/h1-2,9H,(H,10,11). The summed E-state index contributed by atoms with van der Waals surface area (Å²) < 4.78 is 0.424. The second-order valence-corrected chi connectivity index (χ2v) is 2.38. The van der Waals surface area contributed by atoms with Gasteiger partial charge >= 0.3 is 6.09 Å². The summed E-state index contributed by atoms with van der Waals surface area (Å²) in [5.74, 6) is 0. The lowest BCUT2D eigenvalue weighted by molar-refractivity contribution is 0.209. The number of halogens is 1. The number of hydrogen-bond donors (Lipinski definition) is 2. The number of nitrogens with one attached hydrogen (secondary N) is 1. The van der Waals surface area contributed by atoms with Crippen LogP contribution in [0.2, 0.25) is 0 Å². The molecule has 0 radical (unpaired) electrons. The van der Waals surface area contributed by atoms with E-state index in [1.807, 2.05) is 0 Å². The SMILES string of the molecule is O=C(O)Nc1cnc(Br)nc1. The van der Waals surface area contributed by atoms with Gasteiger partial charge in [-0.2, -0.15) is 0 Å². The Balaban J connectivity index is 2.74. The van der Waals surface area contributed by atoms with E-state index in [1.54, 1.807) is 0 Å². The third kappa shape index (κ3) is 2.50. The van der Waals surface area contributed by atoms with Gasteiger partial charge in [-0.25, -0.2) is 14.8 Å². The van der Waals surface area contributed by atoms with Crippen LogP contribution in [0.5, 0.6) is 0 Å². The van der Waals surface area contributed by atoms with E-state index in [0.717, 1.165) is 0 Å². The van der Waals surface area contributed by atoms with Crippen LogP contribution in [-0.4, -0.2) is 21.2 Å². The molecule has 6 heteroatoms. The number of nitrogens with zero attached hydrogens (tertiary/aromatic N) is 2. The van der Waals surface area contributed by atoms with Gasteiger partial charge in [0.25, 0.3) is 0 Å². The van der Waals surface area contributed by atoms with E-state index in [1.165, 1.54) is 12.4 Å². The minimum absolute atomic E-state index is 0.348. The molecular weight excluding hydrogens is 214 g/mol. The molecule has 0 saturated heterocycles. The van der Waals surface area contributed by atoms with Crippen LogP contribution in [0.3, 0.4) is 0 Å². The molecule has 5 nitrogen and oxygen atoms in total. The van der Waals surface area contributed by atoms with Gasteiger partial charge in [0.2, 0.25) is 0 Å². The smallest absolute Gasteiger partial charge is 0.409 e. The summed E-state index contributed by atoms with van der Waals surface area (Å²) >= 11 is 3.01. The number of carbonyl (C=O) groups is 1. The summed E-state index contributed by atoms with van der Waals surface area (Å²) in [5.41, 5.74) is 0.348. The first kappa shape index (κ1) is 7.93. The maximum atomic E-state index is 10.1. The molecule has 0 fully saturated rings. The molecule has 1 heterocycles. The van der Waals surface area contributed by atoms with Crippen molar-refractivity contribution in [3.63, 3.8) is 0 Å². The largest absolute Gasteiger partial charge is 0.465 e. The number of carboxylic acid groups (broad SMARTS) is 1. The van der Waals surface area contributed by atoms with Crippen molar-refractivity contribution in [3.05, 3.63) is 17.1 Å². The highest BCUT2D eigenvalue weighted by Crippen LogP contribution is 2.05. The van der Waals surface area contributed by atoms with Crippen molar-refractivity contribution in [2.75, 3.05) is 5.32 Å². The fourth-order valence-electron chi connectivity index (χ4n) is 0.500. The molecule has 0 unspecified atom stereocenters. The minimum Gasteiger partial charge on any atom is -0.465 e. The molecule has 58 valence electrons. The Morgan fingerprint density at radius 3 is 2.55 bits per heavy atom. The molecule has 1 amide bonds. The predicted octanol–water partition coefficient (Wildman–Crippen LogP) is 1.33. The Hall–Kier alpha value is -1.17. The molecular formula is C5H4BrN3O2. The normalized spacial score (nSPS) is 9.18. The molecule has 0 aromatic carbocycles. The molecule has 0 bridgehead atoms. The molecule has 0 atom stereocenters. The molecule has 0 aliphatic carbocycles. The molecule has 0 aliphatic heterocycles. The maximum absolute atomic E-state index is 10.1. The van der Waals surface area contributed by atoms with Crippen molar-refractivity contribution in [2.24, 2.45) is 0 Å². The number of hydrogen-bond acceptors (Lipinski definition) is 3. The van der Waals surface area contributed by atoms with Crippen LogP contribution in [0.25, 0.3) is 0 Å². The molecule has 0 aliphatic rings. The monoisotopic (exact) mass is 217 g/mol. The molecule has 2 N–H and O–H groups in total. The van der Waals surface area contributed by atoms with Crippen molar-refractivity contribution >= 4 is 27.7 Å². The highest BCUT2D eigenvalue weighted by atomic mass is 79.9. The van der Waals surface area contributed by atoms with Gasteiger partial charge in [0.05, 0.1) is 18.1 Å². The topological polar surface area (TPSA) is 75.1 Å². The minimum atomic E-state index is -1.13. The molecule has 1 aromatic heterocycles. The van der Waals surface area contributed by atoms with Crippen LogP contribution in [0.15, 0.2) is 17.1 Å². The van der Waals surface area contributed by atoms with Gasteiger partial charge in [-0.1, -0.05) is 0 Å². The zero-order valence-corrected chi connectivity index (χ0v) is 6.87. The Bertz CT molecular complexity index is 261. The summed E-state index contributed by atoms with van der Waals surface area (Å²) in [6, 6.07) is 0. The van der Waals surface area contributed by atoms with Crippen molar-refractivity contribution in [3.8, 4) is 0 Å². The van der Waals surface area contributed by atoms with Crippen LogP contribution in [0.1, 0.15) is 0 Å². The zero-order chi connectivity index (χ0) is 8.27. The quantitative estimate of drug-likeness (QED) is 0.697. The molecule has 0 spiro atoms. The number of aromatic nitrogens is 2. The fourth-order valence-corrected chi connectivity index (χ4v) is 0.705. The van der Waals surface area contributed by atoms with Gasteiger partial charge in [-0.15, -0.1) is 0 Å². The number of anilines is 1. The maximum Gasteiger partial charge on any atom is 0.409 e. The van der Waals surface area contributed by atoms with Crippen molar-refractivity contribution in [2.45, 2.75) is 0 Å². The van der Waals surface area contributed by atoms with Crippen LogP contribution in [0, 0.1) is 0 Å². The third-order valence-electron chi connectivity index (χ3n) is 0.872. The molecule has 11 heavy (non-hydrogen) atoms. The Morgan fingerprint density at radius 1 is 1.55 bits per heavy atom. The second kappa shape index (κ2) is 3.29. The summed E-state index contributed by atoms with van der Waals surface area (Å²) in [6.07, 6.45) is 1.60. The highest BCUT2D eigenvalue weighted by Gasteiger charge is 1.97. The average molecular weight is 218 g/mol. The predicted molar refractivity (Wildman–Crippen MR) is 41.4 cm³/mol. The van der Waals surface area contributed by atoms with Gasteiger partial charge in [-0.05, 0) is 15.9 Å². The van der Waals surface area contributed by atoms with E-state index >= 15 is 0 Å². The number of rotatable bonds is 1. The average Bonchev–Trinajstić information content (AvgIpc) is 1.93. The highest BCUT2D eigenvalue weighted by molar-refractivity contribution is 9.10. The van der Waals surface area contributed by atoms with Crippen molar-refractivity contribution in [1.82, 2.24) is 9.97 Å². The van der Waals surface area contributed by atoms with Crippen LogP contribution < -0.4 is 5.32 Å². The Kier molecular flexibility index (Phi) is 2.37. The van der Waals surface area contributed by atoms with E-state index in [9.17, 15) is 4.79 Å². The fraction of sp³-hybridized carbons (Fsp3) is 0. The summed E-state index contributed by atoms with van der Waals surface area (Å²) in [5, 5.41) is 10.4. The van der Waals surface area contributed by atoms with Gasteiger partial charge in [0.1, 0.15) is 0 Å². The van der Waals surface area contributed by atoms with Crippen LogP contribution in [-0.2, 0) is 0 Å². The first-order chi connectivity index (χ1) is 5.18. The summed E-state index contributed by atoms with van der Waals surface area (Å²) in [4.78, 5) is 17.5. The van der Waals surface area contributed by atoms with Gasteiger partial charge < -0.3 is 5.11 Å². The lowest BCUT2D eigenvalue weighted by Gasteiger charge is -1.97. The second-order valence-electron chi connectivity index (χ2n) is 1.67. The van der Waals surface area contributed by atoms with Gasteiger partial charge in [-0.3, -0.25) is 5.32 Å². The molecule has 1 aromatic rings. The summed E-state index contributed by atoms with van der Waals surface area (Å²) in [6.45, 7) is 0. The van der Waals surface area contributed by atoms with E-state index in [-0.39, 0.29) is 0 Å². The lowest BCUT2D eigenvalue weighted by Crippen LogP contribution is -2.07. The van der Waals surface area contributed by atoms with Gasteiger partial charge in [0.15, 0.2) is 4.73 Å². The van der Waals surface area contributed by atoms with Crippen LogP contribution >= 0.6 is 15.9 Å². The molecule has 1 rings (SSSR count). The first-order valence-electron chi connectivity index (χ1n) is 2.66. The first-order valence-corrected chi connectivity index (χ1v) is 3.45. The van der Waals surface area contributed by atoms with E-state index < -0.39 is 6.09 Å². The lowest BCUT2D eigenvalue weighted by atomic mass is 10.5. The molecule has 0 saturated carbocycles. The van der Waals surface area contributed by atoms with E-state index in [4.69, 9.17) is 5.11 Å². The van der Waals surface area contributed by atoms with E-state index in [0.29, 0.717) is 10.4 Å². The van der Waals surface area contributed by atoms with Crippen LogP contribution in [0.4, 0.5) is 10.5 Å². The Labute approximate surface area is 70.6 Å². The third-order valence-corrected chi connectivity index (χ3v) is 1.28. The van der Waals surface area contributed by atoms with Gasteiger partial charge in [0, 0.05) is 0 Å². The Morgan fingerprint density at radius 2 is 2.09 bits per heavy atom. The number of amides is 1. The summed E-state index contributed by atoms with van der Waals surface area (Å²) in [7, 11) is 0.